The van der Waals surface area contributed by atoms with Crippen LogP contribution in [-0.4, -0.2) is 43.7 Å². The molecule has 2 unspecified atom stereocenters. The number of rotatable bonds is 3. The average Bonchev–Trinajstić information content (AvgIpc) is 3.41. The summed E-state index contributed by atoms with van der Waals surface area (Å²) in [7, 11) is 0. The summed E-state index contributed by atoms with van der Waals surface area (Å²) in [5.41, 5.74) is 2.88. The smallest absolute Gasteiger partial charge is 0.267 e. The van der Waals surface area contributed by atoms with Gasteiger partial charge in [0.25, 0.3) is 5.03 Å². The Morgan fingerprint density at radius 2 is 2.00 bits per heavy atom. The second kappa shape index (κ2) is 6.65. The third-order valence-corrected chi connectivity index (χ3v) is 6.17. The van der Waals surface area contributed by atoms with Crippen LogP contribution in [0.4, 0.5) is 5.82 Å². The Hall–Kier alpha value is -2.39. The van der Waals surface area contributed by atoms with Gasteiger partial charge < -0.3 is 14.6 Å². The molecule has 2 aromatic heterocycles. The minimum Gasteiger partial charge on any atom is -0.592 e. The minimum absolute atomic E-state index is 0.442. The van der Waals surface area contributed by atoms with Gasteiger partial charge in [0.15, 0.2) is 6.23 Å². The van der Waals surface area contributed by atoms with Gasteiger partial charge in [-0.05, 0) is 36.6 Å². The van der Waals surface area contributed by atoms with E-state index in [0.29, 0.717) is 5.03 Å². The molecule has 8 heteroatoms. The number of pyridine rings is 1. The number of hydrogen-bond acceptors (Lipinski definition) is 6. The van der Waals surface area contributed by atoms with E-state index in [0.717, 1.165) is 40.9 Å². The van der Waals surface area contributed by atoms with Crippen molar-refractivity contribution in [3.8, 4) is 11.1 Å². The Morgan fingerprint density at radius 3 is 2.70 bits per heavy atom. The van der Waals surface area contributed by atoms with Gasteiger partial charge in [0.05, 0.1) is 11.7 Å². The first-order valence-corrected chi connectivity index (χ1v) is 10.1. The van der Waals surface area contributed by atoms with Crippen LogP contribution in [0.15, 0.2) is 48.8 Å². The fourth-order valence-electron chi connectivity index (χ4n) is 3.71. The lowest BCUT2D eigenvalue weighted by molar-refractivity contribution is 0.216. The zero-order valence-corrected chi connectivity index (χ0v) is 15.4. The molecule has 4 heterocycles. The van der Waals surface area contributed by atoms with Crippen molar-refractivity contribution in [1.29, 1.82) is 0 Å². The van der Waals surface area contributed by atoms with E-state index in [-0.39, 0.29) is 0 Å². The summed E-state index contributed by atoms with van der Waals surface area (Å²) in [5, 5.41) is 15.5. The molecule has 27 heavy (non-hydrogen) atoms. The summed E-state index contributed by atoms with van der Waals surface area (Å²) in [5.74, 6) is 1.02. The number of anilines is 1. The highest BCUT2D eigenvalue weighted by molar-refractivity contribution is 7.98. The number of nitrogens with zero attached hydrogens (tertiary/aromatic N) is 4. The summed E-state index contributed by atoms with van der Waals surface area (Å²) in [6.07, 6.45) is 6.71. The van der Waals surface area contributed by atoms with E-state index in [1.807, 2.05) is 24.4 Å². The molecule has 0 bridgehead atoms. The number of aliphatic hydroxyl groups excluding tert-OH is 1. The lowest BCUT2D eigenvalue weighted by Crippen LogP contribution is -2.27. The zero-order chi connectivity index (χ0) is 18.4. The Bertz CT molecular complexity index is 1010. The van der Waals surface area contributed by atoms with E-state index < -0.39 is 17.6 Å². The third-order valence-electron chi connectivity index (χ3n) is 5.03. The number of aliphatic hydroxyl groups is 1. The third kappa shape index (κ3) is 2.90. The second-order valence-corrected chi connectivity index (χ2v) is 7.92. The van der Waals surface area contributed by atoms with Crippen molar-refractivity contribution < 1.29 is 9.66 Å². The molecule has 3 aromatic rings. The van der Waals surface area contributed by atoms with Crippen LogP contribution >= 0.6 is 0 Å². The minimum atomic E-state index is -1.49. The SMILES string of the molecule is [O-][S+]1NC(O)C=C1n1ncc2c(-c3ccc(N4CCCC4)nc3)cccc21. The molecule has 1 fully saturated rings. The van der Waals surface area contributed by atoms with Gasteiger partial charge in [-0.25, -0.2) is 4.98 Å². The monoisotopic (exact) mass is 381 g/mol. The summed E-state index contributed by atoms with van der Waals surface area (Å²) >= 11 is -1.49. The molecule has 7 nitrogen and oxygen atoms in total. The number of fused-ring (bicyclic) bond motifs is 1. The van der Waals surface area contributed by atoms with Crippen LogP contribution < -0.4 is 9.62 Å². The fourth-order valence-corrected chi connectivity index (χ4v) is 4.67. The van der Waals surface area contributed by atoms with E-state index >= 15 is 0 Å². The highest BCUT2D eigenvalue weighted by atomic mass is 32.2. The maximum Gasteiger partial charge on any atom is 0.267 e. The summed E-state index contributed by atoms with van der Waals surface area (Å²) < 4.78 is 16.3. The van der Waals surface area contributed by atoms with Gasteiger partial charge in [0.1, 0.15) is 17.2 Å². The topological polar surface area (TPSA) is 89.3 Å². The molecule has 1 aromatic carbocycles. The van der Waals surface area contributed by atoms with E-state index in [2.05, 4.69) is 31.8 Å². The molecule has 0 radical (unpaired) electrons. The molecule has 2 aliphatic rings. The van der Waals surface area contributed by atoms with Crippen LogP contribution in [0.1, 0.15) is 12.8 Å². The van der Waals surface area contributed by atoms with Gasteiger partial charge in [-0.1, -0.05) is 12.1 Å². The predicted octanol–water partition coefficient (Wildman–Crippen LogP) is 2.08. The summed E-state index contributed by atoms with van der Waals surface area (Å²) in [4.78, 5) is 6.95. The zero-order valence-electron chi connectivity index (χ0n) is 14.6. The quantitative estimate of drug-likeness (QED) is 0.675. The van der Waals surface area contributed by atoms with Gasteiger partial charge in [-0.15, -0.1) is 4.72 Å². The Balaban J connectivity index is 1.54. The Labute approximate surface area is 159 Å². The molecule has 0 amide bonds. The van der Waals surface area contributed by atoms with E-state index in [1.54, 1.807) is 10.9 Å². The van der Waals surface area contributed by atoms with Gasteiger partial charge >= 0.3 is 0 Å². The van der Waals surface area contributed by atoms with Crippen molar-refractivity contribution >= 4 is 33.1 Å². The summed E-state index contributed by atoms with van der Waals surface area (Å²) in [6, 6.07) is 10.1. The largest absolute Gasteiger partial charge is 0.592 e. The summed E-state index contributed by atoms with van der Waals surface area (Å²) in [6.45, 7) is 2.14. The maximum atomic E-state index is 12.1. The first kappa shape index (κ1) is 16.8. The normalized spacial score (nSPS) is 22.6. The van der Waals surface area contributed by atoms with Crippen molar-refractivity contribution in [2.24, 2.45) is 0 Å². The molecule has 5 rings (SSSR count). The van der Waals surface area contributed by atoms with E-state index in [9.17, 15) is 9.66 Å². The molecule has 2 atom stereocenters. The van der Waals surface area contributed by atoms with Crippen LogP contribution in [0, 0.1) is 0 Å². The van der Waals surface area contributed by atoms with Crippen LogP contribution in [0.5, 0.6) is 0 Å². The number of aromatic nitrogens is 3. The van der Waals surface area contributed by atoms with E-state index in [4.69, 9.17) is 0 Å². The maximum absolute atomic E-state index is 12.1. The molecule has 0 aliphatic carbocycles. The lowest BCUT2D eigenvalue weighted by Gasteiger charge is -2.16. The van der Waals surface area contributed by atoms with Gasteiger partial charge in [-0.3, -0.25) is 0 Å². The first-order valence-electron chi connectivity index (χ1n) is 8.97. The molecular formula is C19H19N5O2S. The molecule has 0 spiro atoms. The van der Waals surface area contributed by atoms with E-state index in [1.165, 1.54) is 18.9 Å². The predicted molar refractivity (Wildman–Crippen MR) is 106 cm³/mol. The number of nitrogens with one attached hydrogen (secondary N) is 1. The molecule has 2 aliphatic heterocycles. The van der Waals surface area contributed by atoms with Crippen molar-refractivity contribution in [2.75, 3.05) is 18.0 Å². The van der Waals surface area contributed by atoms with Gasteiger partial charge in [0, 0.05) is 36.3 Å². The van der Waals surface area contributed by atoms with Gasteiger partial charge in [-0.2, -0.15) is 9.78 Å². The molecular weight excluding hydrogens is 362 g/mol. The van der Waals surface area contributed by atoms with Crippen molar-refractivity contribution in [3.05, 3.63) is 48.8 Å². The standard InChI is InChI=1S/C19H19N5O2S/c25-18-10-19(27(26)22-18)24-16-5-3-4-14(15(16)12-21-24)13-6-7-17(20-11-13)23-8-1-2-9-23/h3-7,10-12,18,22,25H,1-2,8-9H2. The molecule has 2 N–H and O–H groups in total. The number of hydrogen-bond donors (Lipinski definition) is 2. The van der Waals surface area contributed by atoms with Crippen LogP contribution in [0.2, 0.25) is 0 Å². The van der Waals surface area contributed by atoms with Crippen LogP contribution in [-0.2, 0) is 11.4 Å². The Morgan fingerprint density at radius 1 is 1.15 bits per heavy atom. The van der Waals surface area contributed by atoms with Crippen molar-refractivity contribution in [3.63, 3.8) is 0 Å². The fraction of sp³-hybridized carbons (Fsp3) is 0.263. The van der Waals surface area contributed by atoms with Crippen molar-refractivity contribution in [1.82, 2.24) is 19.5 Å². The molecule has 1 saturated heterocycles. The average molecular weight is 381 g/mol. The number of benzene rings is 1. The molecule has 0 saturated carbocycles. The first-order chi connectivity index (χ1) is 13.2. The van der Waals surface area contributed by atoms with Crippen LogP contribution in [0.25, 0.3) is 27.1 Å². The van der Waals surface area contributed by atoms with Crippen molar-refractivity contribution in [2.45, 2.75) is 19.1 Å². The second-order valence-electron chi connectivity index (χ2n) is 6.73. The highest BCUT2D eigenvalue weighted by Crippen LogP contribution is 2.32. The highest BCUT2D eigenvalue weighted by Gasteiger charge is 2.30. The Kier molecular flexibility index (Phi) is 4.13. The van der Waals surface area contributed by atoms with Crippen LogP contribution in [0.3, 0.4) is 0 Å². The van der Waals surface area contributed by atoms with Gasteiger partial charge in [0.2, 0.25) is 0 Å². The molecule has 138 valence electrons. The lowest BCUT2D eigenvalue weighted by atomic mass is 10.0.